The van der Waals surface area contributed by atoms with Gasteiger partial charge in [0.1, 0.15) is 18.0 Å². The number of hydrogen-bond donors (Lipinski definition) is 2. The number of hydrogen-bond acceptors (Lipinski definition) is 6. The van der Waals surface area contributed by atoms with E-state index in [0.29, 0.717) is 34.6 Å². The molecule has 2 atom stereocenters. The lowest BCUT2D eigenvalue weighted by Crippen LogP contribution is -2.20. The number of aryl methyl sites for hydroxylation is 1. The van der Waals surface area contributed by atoms with Crippen LogP contribution >= 0.6 is 11.6 Å². The summed E-state index contributed by atoms with van der Waals surface area (Å²) in [7, 11) is 0. The molecule has 2 N–H and O–H groups in total. The van der Waals surface area contributed by atoms with Gasteiger partial charge in [-0.25, -0.2) is 9.97 Å². The Labute approximate surface area is 150 Å². The molecule has 8 heteroatoms. The Morgan fingerprint density at radius 3 is 2.96 bits per heavy atom. The van der Waals surface area contributed by atoms with Gasteiger partial charge in [0.05, 0.1) is 22.4 Å². The van der Waals surface area contributed by atoms with E-state index < -0.39 is 0 Å². The highest BCUT2D eigenvalue weighted by Crippen LogP contribution is 2.39. The molecule has 2 aromatic rings. The van der Waals surface area contributed by atoms with E-state index in [1.165, 1.54) is 12.8 Å². The summed E-state index contributed by atoms with van der Waals surface area (Å²) in [6.07, 6.45) is 4.26. The number of aromatic amines is 1. The van der Waals surface area contributed by atoms with Crippen LogP contribution in [0, 0.1) is 18.3 Å². The first-order valence-corrected chi connectivity index (χ1v) is 8.90. The van der Waals surface area contributed by atoms with Crippen LogP contribution in [-0.2, 0) is 4.74 Å². The summed E-state index contributed by atoms with van der Waals surface area (Å²) in [6.45, 7) is 2.40. The Hall–Kier alpha value is -2.17. The Morgan fingerprint density at radius 1 is 1.36 bits per heavy atom. The highest BCUT2D eigenvalue weighted by molar-refractivity contribution is 6.33. The molecule has 0 amide bonds. The van der Waals surface area contributed by atoms with E-state index in [-0.39, 0.29) is 12.2 Å². The fraction of sp³-hybridized carbons (Fsp3) is 0.529. The van der Waals surface area contributed by atoms with Gasteiger partial charge < -0.3 is 10.1 Å². The molecule has 0 unspecified atom stereocenters. The second-order valence-corrected chi connectivity index (χ2v) is 7.03. The van der Waals surface area contributed by atoms with E-state index in [1.807, 2.05) is 0 Å². The van der Waals surface area contributed by atoms with Gasteiger partial charge in [-0.05, 0) is 38.7 Å². The molecule has 130 valence electrons. The van der Waals surface area contributed by atoms with Crippen LogP contribution < -0.4 is 5.32 Å². The van der Waals surface area contributed by atoms with Crippen molar-refractivity contribution in [3.05, 3.63) is 34.0 Å². The number of nitriles is 1. The SMILES string of the molecule is Cc1nc(NC[C@H]2CC[C@@H](c3nc(C4CC4)n[nH]3)O2)c(Cl)cc1C#N. The summed E-state index contributed by atoms with van der Waals surface area (Å²) in [5, 5.41) is 20.0. The molecule has 2 aliphatic rings. The minimum Gasteiger partial charge on any atom is -0.366 e. The summed E-state index contributed by atoms with van der Waals surface area (Å²) in [4.78, 5) is 8.94. The maximum absolute atomic E-state index is 9.01. The van der Waals surface area contributed by atoms with Crippen LogP contribution in [0.5, 0.6) is 0 Å². The molecular weight excluding hydrogens is 340 g/mol. The van der Waals surface area contributed by atoms with Gasteiger partial charge in [0.25, 0.3) is 0 Å². The number of H-pyrrole nitrogens is 1. The number of rotatable bonds is 5. The smallest absolute Gasteiger partial charge is 0.153 e. The number of nitrogens with zero attached hydrogens (tertiary/aromatic N) is 4. The fourth-order valence-corrected chi connectivity index (χ4v) is 3.26. The third kappa shape index (κ3) is 3.46. The van der Waals surface area contributed by atoms with Gasteiger partial charge in [-0.3, -0.25) is 5.10 Å². The van der Waals surface area contributed by atoms with Crippen LogP contribution in [0.4, 0.5) is 5.82 Å². The van der Waals surface area contributed by atoms with Crippen molar-refractivity contribution in [2.75, 3.05) is 11.9 Å². The molecular formula is C17H19ClN6O. The van der Waals surface area contributed by atoms with Crippen LogP contribution in [0.2, 0.25) is 5.02 Å². The molecule has 7 nitrogen and oxygen atoms in total. The fourth-order valence-electron chi connectivity index (χ4n) is 3.04. The first kappa shape index (κ1) is 16.3. The van der Waals surface area contributed by atoms with Crippen molar-refractivity contribution in [2.45, 2.75) is 50.7 Å². The minimum absolute atomic E-state index is 0.0297. The van der Waals surface area contributed by atoms with Crippen LogP contribution in [0.1, 0.15) is 60.6 Å². The zero-order valence-corrected chi connectivity index (χ0v) is 14.7. The topological polar surface area (TPSA) is 99.5 Å². The molecule has 0 bridgehead atoms. The molecule has 25 heavy (non-hydrogen) atoms. The van der Waals surface area contributed by atoms with Gasteiger partial charge >= 0.3 is 0 Å². The predicted octanol–water partition coefficient (Wildman–Crippen LogP) is 3.24. The van der Waals surface area contributed by atoms with Gasteiger partial charge in [-0.15, -0.1) is 0 Å². The number of aromatic nitrogens is 4. The van der Waals surface area contributed by atoms with E-state index in [0.717, 1.165) is 24.5 Å². The standard InChI is InChI=1S/C17H19ClN6O/c1-9-11(7-19)6-13(18)16(21-9)20-8-12-4-5-14(25-12)17-22-15(23-24-17)10-2-3-10/h6,10,12,14H,2-5,8H2,1H3,(H,20,21)(H,22,23,24)/t12-,14+/m1/s1. The summed E-state index contributed by atoms with van der Waals surface area (Å²) >= 11 is 6.19. The van der Waals surface area contributed by atoms with Crippen LogP contribution in [0.25, 0.3) is 0 Å². The lowest BCUT2D eigenvalue weighted by Gasteiger charge is -2.14. The van der Waals surface area contributed by atoms with Gasteiger partial charge in [0.2, 0.25) is 0 Å². The maximum atomic E-state index is 9.01. The quantitative estimate of drug-likeness (QED) is 0.851. The highest BCUT2D eigenvalue weighted by Gasteiger charge is 2.32. The third-order valence-electron chi connectivity index (χ3n) is 4.66. The van der Waals surface area contributed by atoms with E-state index in [4.69, 9.17) is 21.6 Å². The molecule has 1 aliphatic carbocycles. The van der Waals surface area contributed by atoms with E-state index >= 15 is 0 Å². The number of anilines is 1. The van der Waals surface area contributed by atoms with Gasteiger partial charge in [0.15, 0.2) is 11.6 Å². The highest BCUT2D eigenvalue weighted by atomic mass is 35.5. The molecule has 1 saturated carbocycles. The predicted molar refractivity (Wildman–Crippen MR) is 92.4 cm³/mol. The van der Waals surface area contributed by atoms with E-state index in [1.54, 1.807) is 13.0 Å². The van der Waals surface area contributed by atoms with Gasteiger partial charge in [-0.1, -0.05) is 11.6 Å². The van der Waals surface area contributed by atoms with Crippen molar-refractivity contribution in [3.63, 3.8) is 0 Å². The van der Waals surface area contributed by atoms with Crippen molar-refractivity contribution in [1.29, 1.82) is 5.26 Å². The number of pyridine rings is 1. The molecule has 4 rings (SSSR count). The third-order valence-corrected chi connectivity index (χ3v) is 4.95. The van der Waals surface area contributed by atoms with Gasteiger partial charge in [0, 0.05) is 12.5 Å². The minimum atomic E-state index is -0.0297. The van der Waals surface area contributed by atoms with Crippen molar-refractivity contribution in [3.8, 4) is 6.07 Å². The summed E-state index contributed by atoms with van der Waals surface area (Å²) < 4.78 is 6.08. The molecule has 3 heterocycles. The lowest BCUT2D eigenvalue weighted by atomic mass is 10.2. The molecule has 1 aliphatic heterocycles. The van der Waals surface area contributed by atoms with Crippen molar-refractivity contribution >= 4 is 17.4 Å². The molecule has 1 saturated heterocycles. The first-order chi connectivity index (χ1) is 12.1. The second kappa shape index (κ2) is 6.62. The van der Waals surface area contributed by atoms with Crippen molar-refractivity contribution < 1.29 is 4.74 Å². The number of halogens is 1. The Balaban J connectivity index is 1.35. The second-order valence-electron chi connectivity index (χ2n) is 6.62. The molecule has 0 aromatic carbocycles. The van der Waals surface area contributed by atoms with Crippen LogP contribution in [0.3, 0.4) is 0 Å². The largest absolute Gasteiger partial charge is 0.366 e. The molecule has 2 aromatic heterocycles. The molecule has 0 radical (unpaired) electrons. The van der Waals surface area contributed by atoms with E-state index in [9.17, 15) is 0 Å². The van der Waals surface area contributed by atoms with Crippen LogP contribution in [0.15, 0.2) is 6.07 Å². The van der Waals surface area contributed by atoms with E-state index in [2.05, 4.69) is 31.6 Å². The monoisotopic (exact) mass is 358 g/mol. The zero-order chi connectivity index (χ0) is 17.4. The normalized spacial score (nSPS) is 22.8. The summed E-state index contributed by atoms with van der Waals surface area (Å²) in [5.41, 5.74) is 1.15. The van der Waals surface area contributed by atoms with Crippen molar-refractivity contribution in [2.24, 2.45) is 0 Å². The lowest BCUT2D eigenvalue weighted by molar-refractivity contribution is 0.0471. The average molecular weight is 359 g/mol. The number of ether oxygens (including phenoxy) is 1. The summed E-state index contributed by atoms with van der Waals surface area (Å²) in [5.74, 6) is 2.87. The maximum Gasteiger partial charge on any atom is 0.153 e. The first-order valence-electron chi connectivity index (χ1n) is 8.53. The zero-order valence-electron chi connectivity index (χ0n) is 13.9. The summed E-state index contributed by atoms with van der Waals surface area (Å²) in [6, 6.07) is 3.72. The van der Waals surface area contributed by atoms with Crippen LogP contribution in [-0.4, -0.2) is 32.8 Å². The van der Waals surface area contributed by atoms with Crippen molar-refractivity contribution in [1.82, 2.24) is 20.2 Å². The Bertz CT molecular complexity index is 825. The van der Waals surface area contributed by atoms with Gasteiger partial charge in [-0.2, -0.15) is 10.4 Å². The number of nitrogens with one attached hydrogen (secondary N) is 2. The Morgan fingerprint density at radius 2 is 2.20 bits per heavy atom. The molecule has 2 fully saturated rings. The molecule has 0 spiro atoms. The Kier molecular flexibility index (Phi) is 4.32. The average Bonchev–Trinajstić information content (AvgIpc) is 3.15.